The molecule has 0 fully saturated rings. The van der Waals surface area contributed by atoms with E-state index >= 15 is 0 Å². The fourth-order valence-electron chi connectivity index (χ4n) is 2.46. The molecule has 0 aliphatic rings. The van der Waals surface area contributed by atoms with E-state index in [9.17, 15) is 0 Å². The maximum absolute atomic E-state index is 4.65. The molecule has 2 rings (SSSR count). The molecule has 0 saturated carbocycles. The van der Waals surface area contributed by atoms with E-state index in [0.29, 0.717) is 12.1 Å². The van der Waals surface area contributed by atoms with Gasteiger partial charge in [-0.15, -0.1) is 11.3 Å². The molecule has 2 aromatic rings. The lowest BCUT2D eigenvalue weighted by Crippen LogP contribution is -2.23. The minimum absolute atomic E-state index is 0.351. The van der Waals surface area contributed by atoms with E-state index in [2.05, 4.69) is 72.7 Å². The van der Waals surface area contributed by atoms with Gasteiger partial charge in [0.05, 0.1) is 23.6 Å². The first-order valence-corrected chi connectivity index (χ1v) is 8.50. The number of hydrogen-bond acceptors (Lipinski definition) is 4. The molecule has 2 heterocycles. The number of hydrogen-bond donors (Lipinski definition) is 1. The van der Waals surface area contributed by atoms with Crippen molar-refractivity contribution in [1.82, 2.24) is 10.3 Å². The van der Waals surface area contributed by atoms with Crippen molar-refractivity contribution in [3.8, 4) is 0 Å². The summed E-state index contributed by atoms with van der Waals surface area (Å²) in [6.45, 7) is 7.52. The summed E-state index contributed by atoms with van der Waals surface area (Å²) < 4.78 is 0. The number of thiophene rings is 1. The summed E-state index contributed by atoms with van der Waals surface area (Å²) in [5.74, 6) is 0. The second-order valence-corrected chi connectivity index (χ2v) is 6.24. The predicted molar refractivity (Wildman–Crippen MR) is 92.1 cm³/mol. The van der Waals surface area contributed by atoms with Crippen LogP contribution in [0.15, 0.2) is 35.8 Å². The number of aromatic nitrogens is 1. The molecule has 0 amide bonds. The SMILES string of the molecule is CCNC(CC)c1ccc(N(C)C(C)c2cccs2)cn1. The van der Waals surface area contributed by atoms with Crippen LogP contribution >= 0.6 is 11.3 Å². The molecular formula is C17H25N3S. The Morgan fingerprint density at radius 1 is 1.29 bits per heavy atom. The molecule has 3 nitrogen and oxygen atoms in total. The maximum Gasteiger partial charge on any atom is 0.0604 e. The fourth-order valence-corrected chi connectivity index (χ4v) is 3.29. The van der Waals surface area contributed by atoms with Crippen molar-refractivity contribution in [3.05, 3.63) is 46.4 Å². The van der Waals surface area contributed by atoms with Crippen molar-refractivity contribution in [2.45, 2.75) is 39.3 Å². The lowest BCUT2D eigenvalue weighted by molar-refractivity contribution is 0.524. The Kier molecular flexibility index (Phi) is 5.76. The maximum atomic E-state index is 4.65. The third-order valence-electron chi connectivity index (χ3n) is 3.93. The minimum Gasteiger partial charge on any atom is -0.366 e. The smallest absolute Gasteiger partial charge is 0.0604 e. The normalized spacial score (nSPS) is 13.9. The van der Waals surface area contributed by atoms with Gasteiger partial charge < -0.3 is 10.2 Å². The van der Waals surface area contributed by atoms with E-state index < -0.39 is 0 Å². The zero-order valence-electron chi connectivity index (χ0n) is 13.3. The van der Waals surface area contributed by atoms with Crippen LogP contribution in [-0.4, -0.2) is 18.6 Å². The van der Waals surface area contributed by atoms with Crippen molar-refractivity contribution in [3.63, 3.8) is 0 Å². The topological polar surface area (TPSA) is 28.2 Å². The first-order valence-electron chi connectivity index (χ1n) is 7.62. The lowest BCUT2D eigenvalue weighted by atomic mass is 10.1. The van der Waals surface area contributed by atoms with Gasteiger partial charge in [0.15, 0.2) is 0 Å². The van der Waals surface area contributed by atoms with Crippen LogP contribution < -0.4 is 10.2 Å². The third kappa shape index (κ3) is 3.83. The molecule has 21 heavy (non-hydrogen) atoms. The summed E-state index contributed by atoms with van der Waals surface area (Å²) in [6.07, 6.45) is 3.04. The molecule has 0 aliphatic carbocycles. The highest BCUT2D eigenvalue weighted by Crippen LogP contribution is 2.28. The Balaban J connectivity index is 2.11. The van der Waals surface area contributed by atoms with Crippen LogP contribution in [0, 0.1) is 0 Å². The number of nitrogens with zero attached hydrogens (tertiary/aromatic N) is 2. The largest absolute Gasteiger partial charge is 0.366 e. The van der Waals surface area contributed by atoms with Gasteiger partial charge in [-0.1, -0.05) is 19.9 Å². The Morgan fingerprint density at radius 2 is 2.10 bits per heavy atom. The molecule has 0 aromatic carbocycles. The number of pyridine rings is 1. The first-order chi connectivity index (χ1) is 10.2. The summed E-state index contributed by atoms with van der Waals surface area (Å²) in [6, 6.07) is 9.33. The molecule has 1 N–H and O–H groups in total. The average molecular weight is 303 g/mol. The van der Waals surface area contributed by atoms with Gasteiger partial charge in [0.1, 0.15) is 0 Å². The quantitative estimate of drug-likeness (QED) is 0.821. The second kappa shape index (κ2) is 7.57. The van der Waals surface area contributed by atoms with Crippen LogP contribution in [0.25, 0.3) is 0 Å². The molecule has 4 heteroatoms. The van der Waals surface area contributed by atoms with Crippen LogP contribution in [0.2, 0.25) is 0 Å². The van der Waals surface area contributed by atoms with Crippen LogP contribution in [0.5, 0.6) is 0 Å². The Labute approximate surface area is 132 Å². The number of rotatable bonds is 7. The summed E-state index contributed by atoms with van der Waals surface area (Å²) in [4.78, 5) is 8.30. The summed E-state index contributed by atoms with van der Waals surface area (Å²) in [5.41, 5.74) is 2.28. The van der Waals surface area contributed by atoms with E-state index in [1.165, 1.54) is 4.88 Å². The minimum atomic E-state index is 0.351. The second-order valence-electron chi connectivity index (χ2n) is 5.26. The molecule has 0 aliphatic heterocycles. The molecule has 2 unspecified atom stereocenters. The molecule has 2 aromatic heterocycles. The molecule has 0 saturated heterocycles. The van der Waals surface area contributed by atoms with Crippen molar-refractivity contribution in [2.75, 3.05) is 18.5 Å². The van der Waals surface area contributed by atoms with Crippen molar-refractivity contribution in [1.29, 1.82) is 0 Å². The van der Waals surface area contributed by atoms with E-state index in [1.807, 2.05) is 6.20 Å². The lowest BCUT2D eigenvalue weighted by Gasteiger charge is -2.26. The molecule has 114 valence electrons. The van der Waals surface area contributed by atoms with Crippen LogP contribution in [0.1, 0.15) is 49.8 Å². The highest BCUT2D eigenvalue weighted by Gasteiger charge is 2.15. The van der Waals surface area contributed by atoms with E-state index in [-0.39, 0.29) is 0 Å². The van der Waals surface area contributed by atoms with Gasteiger partial charge in [-0.05, 0) is 43.5 Å². The zero-order chi connectivity index (χ0) is 15.2. The molecule has 2 atom stereocenters. The van der Waals surface area contributed by atoms with Gasteiger partial charge in [-0.25, -0.2) is 0 Å². The van der Waals surface area contributed by atoms with Gasteiger partial charge in [0, 0.05) is 18.0 Å². The van der Waals surface area contributed by atoms with Crippen molar-refractivity contribution >= 4 is 17.0 Å². The highest BCUT2D eigenvalue weighted by atomic mass is 32.1. The monoisotopic (exact) mass is 303 g/mol. The molecule has 0 radical (unpaired) electrons. The van der Waals surface area contributed by atoms with Crippen LogP contribution in [0.4, 0.5) is 5.69 Å². The Morgan fingerprint density at radius 3 is 2.62 bits per heavy atom. The number of anilines is 1. The summed E-state index contributed by atoms with van der Waals surface area (Å²) in [7, 11) is 2.13. The van der Waals surface area contributed by atoms with Crippen molar-refractivity contribution in [2.24, 2.45) is 0 Å². The Hall–Kier alpha value is -1.39. The number of nitrogens with one attached hydrogen (secondary N) is 1. The van der Waals surface area contributed by atoms with Gasteiger partial charge in [0.2, 0.25) is 0 Å². The van der Waals surface area contributed by atoms with Gasteiger partial charge >= 0.3 is 0 Å². The average Bonchev–Trinajstić information content (AvgIpc) is 3.06. The van der Waals surface area contributed by atoms with Gasteiger partial charge in [-0.3, -0.25) is 4.98 Å². The highest BCUT2D eigenvalue weighted by molar-refractivity contribution is 7.10. The Bertz CT molecular complexity index is 521. The fraction of sp³-hybridized carbons (Fsp3) is 0.471. The molecule has 0 spiro atoms. The first kappa shape index (κ1) is 16.0. The third-order valence-corrected chi connectivity index (χ3v) is 4.97. The van der Waals surface area contributed by atoms with Gasteiger partial charge in [0.25, 0.3) is 0 Å². The summed E-state index contributed by atoms with van der Waals surface area (Å²) >= 11 is 1.80. The van der Waals surface area contributed by atoms with Crippen molar-refractivity contribution < 1.29 is 0 Å². The van der Waals surface area contributed by atoms with Gasteiger partial charge in [-0.2, -0.15) is 0 Å². The zero-order valence-corrected chi connectivity index (χ0v) is 14.2. The predicted octanol–water partition coefficient (Wildman–Crippen LogP) is 4.40. The van der Waals surface area contributed by atoms with Crippen LogP contribution in [0.3, 0.4) is 0 Å². The van der Waals surface area contributed by atoms with E-state index in [4.69, 9.17) is 0 Å². The molecular weight excluding hydrogens is 278 g/mol. The standard InChI is InChI=1S/C17H25N3S/c1-5-15(18-6-2)16-10-9-14(12-19-16)20(4)13(3)17-8-7-11-21-17/h7-13,15,18H,5-6H2,1-4H3. The van der Waals surface area contributed by atoms with E-state index in [1.54, 1.807) is 11.3 Å². The van der Waals surface area contributed by atoms with Crippen LogP contribution in [-0.2, 0) is 0 Å². The molecule has 0 bridgehead atoms. The van der Waals surface area contributed by atoms with E-state index in [0.717, 1.165) is 24.3 Å². The summed E-state index contributed by atoms with van der Waals surface area (Å²) in [5, 5.41) is 5.60.